The number of unbranched alkanes of at least 4 members (excludes halogenated alkanes) is 1. The van der Waals surface area contributed by atoms with Crippen molar-refractivity contribution in [2.24, 2.45) is 66.0 Å². The maximum Gasteiger partial charge on any atom is 0.508 e. The van der Waals surface area contributed by atoms with E-state index in [4.69, 9.17) is 75.2 Å². The standard InChI is InChI=1S/C102H178N6O29Si3/c1-26-80(109)124-44-45-126-85(114)50-75-52-94(6,7)66-100(16,54-75)69-104-87(116)133-61-73(3)135-82(111)33-35-98(14)58-76(55-95(8,9)64-98)106-89(118)127-39-29-28-38-123-84(113)49-74-51-93(4,5)67-101(17,53-74)70-105-88(117)134-63-79(62-122-37-32-48-140(25,72-138(19,20)21)137-139(22,23)24)136-83(112)34-36-99(15)59-77(56-96(10,11)65-99)107-90(119)128-40-30-42-131-92(121)132-43-31-41-129-91(120)108-78-57-97(12,13)68-102(18,60-78)71-103-86(115)130-47-46-125-81(110)27-2/h26-27,73-79H,1-2,28-72H2,3-25H3,(H,103,115)(H,104,116)(H,105,117)(H,106,118)(H,107,119)(H,108,120). The maximum absolute atomic E-state index is 14.1. The summed E-state index contributed by atoms with van der Waals surface area (Å²) in [4.78, 5) is 167. The molecule has 0 aromatic carbocycles. The SMILES string of the molecule is C=CC(=O)OCCOC(=O)CC1CC(C)(C)CC(C)(CNC(=O)OCC(C)OC(=O)CCC2(C)CC(NC(=O)OCCCCOC(=O)CC3CC(C)(C)CC(C)(CNC(=O)OCC(COCCC[Si](C)(C[Si](C)(C)C)O[Si](C)(C)C)OC(=O)CCC4(C)CC(NC(=O)OCCCOC(=O)OCCCOC(=O)NC5CC(C)(C)CC(C)(CNC(=O)OCCOC(=O)C=C)C5)CC(C)(C)C4)C3)CC(C)(C)C2)C1. The van der Waals surface area contributed by atoms with Crippen LogP contribution in [0.1, 0.15) is 278 Å². The molecule has 0 heterocycles. The number of alkyl carbamates (subject to hydrolysis) is 6. The highest BCUT2D eigenvalue weighted by molar-refractivity contribution is 6.96. The van der Waals surface area contributed by atoms with Crippen molar-refractivity contribution in [3.05, 3.63) is 25.3 Å². The third-order valence-corrected chi connectivity index (χ3v) is 39.4. The van der Waals surface area contributed by atoms with Gasteiger partial charge < -0.3 is 107 Å². The van der Waals surface area contributed by atoms with E-state index in [0.717, 1.165) is 75.2 Å². The Morgan fingerprint density at radius 3 is 1.11 bits per heavy atom. The number of ether oxygens (including phenoxy) is 15. The normalized spacial score (nSPS) is 25.2. The summed E-state index contributed by atoms with van der Waals surface area (Å²) >= 11 is 0. The minimum atomic E-state index is -2.09. The molecule has 802 valence electrons. The summed E-state index contributed by atoms with van der Waals surface area (Å²) in [6.07, 6.45) is 10.0. The van der Waals surface area contributed by atoms with Crippen LogP contribution in [0.4, 0.5) is 33.6 Å². The topological polar surface area (TPSA) is 442 Å². The van der Waals surface area contributed by atoms with E-state index in [2.05, 4.69) is 188 Å². The number of carbonyl (C=O) groups excluding carboxylic acids is 13. The first-order valence-corrected chi connectivity index (χ1v) is 60.7. The van der Waals surface area contributed by atoms with Crippen LogP contribution in [0.2, 0.25) is 57.5 Å². The Balaban J connectivity index is 1.01. The average molecular weight is 2040 g/mol. The van der Waals surface area contributed by atoms with E-state index in [1.165, 1.54) is 0 Å². The molecule has 35 nitrogen and oxygen atoms in total. The lowest BCUT2D eigenvalue weighted by Gasteiger charge is -2.46. The van der Waals surface area contributed by atoms with Crippen molar-refractivity contribution >= 4 is 103 Å². The van der Waals surface area contributed by atoms with Crippen molar-refractivity contribution in [3.63, 3.8) is 0 Å². The molecule has 13 atom stereocenters. The predicted molar refractivity (Wildman–Crippen MR) is 536 cm³/mol. The molecule has 6 N–H and O–H groups in total. The smallest absolute Gasteiger partial charge is 0.466 e. The molecule has 0 aromatic heterocycles. The molecule has 0 aromatic rings. The fourth-order valence-electron chi connectivity index (χ4n) is 23.9. The number of hydrogen-bond donors (Lipinski definition) is 6. The van der Waals surface area contributed by atoms with Crippen LogP contribution in [-0.4, -0.2) is 246 Å². The van der Waals surface area contributed by atoms with Gasteiger partial charge in [-0.2, -0.15) is 0 Å². The second kappa shape index (κ2) is 55.7. The van der Waals surface area contributed by atoms with Crippen molar-refractivity contribution < 1.29 is 137 Å². The molecular formula is C102H178N6O29Si3. The highest BCUT2D eigenvalue weighted by Gasteiger charge is 2.49. The average Bonchev–Trinajstić information content (AvgIpc) is 0.817. The van der Waals surface area contributed by atoms with Gasteiger partial charge in [-0.15, -0.1) is 0 Å². The van der Waals surface area contributed by atoms with E-state index in [9.17, 15) is 62.3 Å². The van der Waals surface area contributed by atoms with Gasteiger partial charge in [-0.1, -0.05) is 137 Å². The number of hydrogen-bond acceptors (Lipinski definition) is 29. The highest BCUT2D eigenvalue weighted by Crippen LogP contribution is 2.54. The molecule has 5 aliphatic carbocycles. The van der Waals surface area contributed by atoms with Crippen LogP contribution in [-0.2, 0) is 104 Å². The van der Waals surface area contributed by atoms with Crippen molar-refractivity contribution in [2.45, 2.75) is 366 Å². The molecule has 38 heteroatoms. The Hall–Kier alpha value is -8.24. The summed E-state index contributed by atoms with van der Waals surface area (Å²) in [5.74, 6) is -2.83. The van der Waals surface area contributed by atoms with Crippen molar-refractivity contribution in [1.29, 1.82) is 0 Å². The lowest BCUT2D eigenvalue weighted by atomic mass is 9.60. The number of nitrogens with one attached hydrogen (secondary N) is 6. The van der Waals surface area contributed by atoms with Crippen LogP contribution in [0.25, 0.3) is 0 Å². The number of carbonyl (C=O) groups is 13. The zero-order valence-electron chi connectivity index (χ0n) is 89.3. The number of amides is 6. The molecule has 0 spiro atoms. The quantitative estimate of drug-likeness (QED) is 0.0108. The van der Waals surface area contributed by atoms with E-state index in [1.54, 1.807) is 6.92 Å². The Morgan fingerprint density at radius 1 is 0.350 bits per heavy atom. The molecule has 0 radical (unpaired) electrons. The zero-order chi connectivity index (χ0) is 105. The van der Waals surface area contributed by atoms with Gasteiger partial charge in [0.25, 0.3) is 0 Å². The van der Waals surface area contributed by atoms with E-state index >= 15 is 0 Å². The molecule has 13 unspecified atom stereocenters. The molecule has 5 aliphatic rings. The number of rotatable bonds is 56. The van der Waals surface area contributed by atoms with Crippen molar-refractivity contribution in [1.82, 2.24) is 31.9 Å². The second-order valence-corrected chi connectivity index (χ2v) is 63.8. The molecule has 0 bridgehead atoms. The molecule has 140 heavy (non-hydrogen) atoms. The van der Waals surface area contributed by atoms with Gasteiger partial charge in [0.2, 0.25) is 0 Å². The van der Waals surface area contributed by atoms with Gasteiger partial charge in [-0.3, -0.25) is 19.2 Å². The van der Waals surface area contributed by atoms with Crippen LogP contribution >= 0.6 is 0 Å². The summed E-state index contributed by atoms with van der Waals surface area (Å²) in [6, 6.07) is 0.186. The third kappa shape index (κ3) is 51.8. The first-order valence-electron chi connectivity index (χ1n) is 50.8. The maximum atomic E-state index is 14.1. The summed E-state index contributed by atoms with van der Waals surface area (Å²) < 4.78 is 89.2. The number of esters is 6. The molecule has 6 amide bonds. The van der Waals surface area contributed by atoms with Crippen LogP contribution in [0.3, 0.4) is 0 Å². The van der Waals surface area contributed by atoms with Gasteiger partial charge in [0.1, 0.15) is 45.7 Å². The van der Waals surface area contributed by atoms with Crippen LogP contribution < -0.4 is 31.9 Å². The lowest BCUT2D eigenvalue weighted by Crippen LogP contribution is -2.50. The molecule has 0 saturated heterocycles. The van der Waals surface area contributed by atoms with Crippen LogP contribution in [0.15, 0.2) is 25.3 Å². The van der Waals surface area contributed by atoms with Crippen molar-refractivity contribution in [3.8, 4) is 0 Å². The largest absolute Gasteiger partial charge is 0.508 e. The summed E-state index contributed by atoms with van der Waals surface area (Å²) in [6.45, 7) is 56.8. The predicted octanol–water partition coefficient (Wildman–Crippen LogP) is 18.9. The van der Waals surface area contributed by atoms with E-state index in [0.29, 0.717) is 96.7 Å². The highest BCUT2D eigenvalue weighted by atomic mass is 28.4. The lowest BCUT2D eigenvalue weighted by molar-refractivity contribution is -0.156. The Kier molecular flexibility index (Phi) is 48.7. The monoisotopic (exact) mass is 2040 g/mol. The second-order valence-electron chi connectivity index (χ2n) is 48.8. The van der Waals surface area contributed by atoms with Gasteiger partial charge in [-0.05, 0) is 239 Å². The third-order valence-electron chi connectivity index (χ3n) is 26.3. The minimum Gasteiger partial charge on any atom is -0.466 e. The van der Waals surface area contributed by atoms with Crippen molar-refractivity contribution in [2.75, 3.05) is 112 Å². The van der Waals surface area contributed by atoms with E-state index in [1.807, 2.05) is 6.92 Å². The van der Waals surface area contributed by atoms with Gasteiger partial charge in [0, 0.05) is 103 Å². The zero-order valence-corrected chi connectivity index (χ0v) is 92.3. The first kappa shape index (κ1) is 122. The molecule has 5 saturated carbocycles. The van der Waals surface area contributed by atoms with Crippen LogP contribution in [0.5, 0.6) is 0 Å². The molecular weight excluding hydrogens is 1860 g/mol. The Morgan fingerprint density at radius 2 is 0.693 bits per heavy atom. The fourth-order valence-corrected chi connectivity index (χ4v) is 41.7. The fraction of sp³-hybridized carbons (Fsp3) is 0.833. The van der Waals surface area contributed by atoms with Gasteiger partial charge in [-0.25, -0.2) is 43.2 Å². The summed E-state index contributed by atoms with van der Waals surface area (Å²) in [7, 11) is -5.42. The van der Waals surface area contributed by atoms with E-state index < -0.39 is 114 Å². The van der Waals surface area contributed by atoms with E-state index in [-0.39, 0.29) is 216 Å². The van der Waals surface area contributed by atoms with Gasteiger partial charge in [0.15, 0.2) is 22.7 Å². The first-order chi connectivity index (χ1) is 64.9. The summed E-state index contributed by atoms with van der Waals surface area (Å²) in [5, 5.41) is 17.7. The summed E-state index contributed by atoms with van der Waals surface area (Å²) in [5.41, 5.74) is -1.54. The Labute approximate surface area is 837 Å². The van der Waals surface area contributed by atoms with Gasteiger partial charge in [0.05, 0.1) is 46.2 Å². The molecule has 0 aliphatic heterocycles. The van der Waals surface area contributed by atoms with Gasteiger partial charge >= 0.3 is 78.5 Å². The molecule has 5 fully saturated rings. The van der Waals surface area contributed by atoms with Crippen LogP contribution in [0, 0.1) is 66.0 Å². The molecule has 5 rings (SSSR count). The Bertz CT molecular complexity index is 4030. The minimum absolute atomic E-state index is 0.00617.